The Kier molecular flexibility index (Phi) is 8.16. The summed E-state index contributed by atoms with van der Waals surface area (Å²) in [4.78, 5) is 13.7. The van der Waals surface area contributed by atoms with Crippen molar-refractivity contribution in [1.29, 1.82) is 0 Å². The van der Waals surface area contributed by atoms with Gasteiger partial charge in [-0.15, -0.1) is 12.4 Å². The number of halogens is 2. The number of rotatable bonds is 6. The van der Waals surface area contributed by atoms with E-state index in [1.807, 2.05) is 0 Å². The fourth-order valence-corrected chi connectivity index (χ4v) is 2.07. The largest absolute Gasteiger partial charge is 0.492 e. The highest BCUT2D eigenvalue weighted by molar-refractivity contribution is 5.85. The van der Waals surface area contributed by atoms with Gasteiger partial charge in [0, 0.05) is 26.1 Å². The molecule has 7 heteroatoms. The van der Waals surface area contributed by atoms with Gasteiger partial charge in [-0.25, -0.2) is 4.39 Å². The lowest BCUT2D eigenvalue weighted by Gasteiger charge is -2.25. The van der Waals surface area contributed by atoms with Crippen molar-refractivity contribution < 1.29 is 18.7 Å². The van der Waals surface area contributed by atoms with Gasteiger partial charge in [0.25, 0.3) is 0 Å². The van der Waals surface area contributed by atoms with Gasteiger partial charge in [0.15, 0.2) is 0 Å². The molecule has 1 atom stereocenters. The van der Waals surface area contributed by atoms with E-state index in [-0.39, 0.29) is 30.2 Å². The second-order valence-electron chi connectivity index (χ2n) is 5.05. The van der Waals surface area contributed by atoms with Gasteiger partial charge in [0.05, 0.1) is 19.8 Å². The Labute approximate surface area is 136 Å². The van der Waals surface area contributed by atoms with Crippen LogP contribution in [-0.2, 0) is 9.53 Å². The molecule has 0 radical (unpaired) electrons. The number of amides is 1. The summed E-state index contributed by atoms with van der Waals surface area (Å²) in [6.07, 6.45) is 0.424. The highest BCUT2D eigenvalue weighted by Gasteiger charge is 2.19. The van der Waals surface area contributed by atoms with Gasteiger partial charge in [-0.1, -0.05) is 0 Å². The maximum atomic E-state index is 12.7. The first kappa shape index (κ1) is 18.7. The number of likely N-dealkylation sites (N-methyl/N-ethyl adjacent to an activating group) is 1. The summed E-state index contributed by atoms with van der Waals surface area (Å²) in [5.74, 6) is 0.358. The first-order valence-corrected chi connectivity index (χ1v) is 7.08. The second-order valence-corrected chi connectivity index (χ2v) is 5.05. The fourth-order valence-electron chi connectivity index (χ4n) is 2.07. The van der Waals surface area contributed by atoms with Crippen molar-refractivity contribution in [2.45, 2.75) is 12.5 Å². The summed E-state index contributed by atoms with van der Waals surface area (Å²) in [5, 5.41) is 3.25. The standard InChI is InChI=1S/C15H21FN2O3.ClH/c1-18(15(19)10-13-11-20-8-6-17-13)7-9-21-14-4-2-12(16)3-5-14;/h2-5,13,17H,6-11H2,1H3;1H. The summed E-state index contributed by atoms with van der Waals surface area (Å²) in [7, 11) is 1.75. The number of nitrogens with one attached hydrogen (secondary N) is 1. The minimum atomic E-state index is -0.295. The van der Waals surface area contributed by atoms with E-state index in [4.69, 9.17) is 9.47 Å². The highest BCUT2D eigenvalue weighted by atomic mass is 35.5. The summed E-state index contributed by atoms with van der Waals surface area (Å²) in [5.41, 5.74) is 0. The zero-order valence-corrected chi connectivity index (χ0v) is 13.4. The average Bonchev–Trinajstić information content (AvgIpc) is 2.50. The number of nitrogens with zero attached hydrogens (tertiary/aromatic N) is 1. The van der Waals surface area contributed by atoms with Crippen LogP contribution in [0, 0.1) is 5.82 Å². The predicted octanol–water partition coefficient (Wildman–Crippen LogP) is 1.46. The van der Waals surface area contributed by atoms with Crippen molar-refractivity contribution >= 4 is 18.3 Å². The molecule has 1 amide bonds. The zero-order chi connectivity index (χ0) is 15.1. The number of benzene rings is 1. The predicted molar refractivity (Wildman–Crippen MR) is 84.0 cm³/mol. The van der Waals surface area contributed by atoms with Crippen LogP contribution in [0.15, 0.2) is 24.3 Å². The quantitative estimate of drug-likeness (QED) is 0.857. The van der Waals surface area contributed by atoms with E-state index in [9.17, 15) is 9.18 Å². The Bertz CT molecular complexity index is 453. The molecule has 1 unspecified atom stereocenters. The fraction of sp³-hybridized carbons (Fsp3) is 0.533. The van der Waals surface area contributed by atoms with E-state index in [2.05, 4.69) is 5.32 Å². The van der Waals surface area contributed by atoms with Gasteiger partial charge in [-0.3, -0.25) is 4.79 Å². The maximum absolute atomic E-state index is 12.7. The SMILES string of the molecule is CN(CCOc1ccc(F)cc1)C(=O)CC1COCCN1.Cl. The minimum absolute atomic E-state index is 0. The molecule has 1 aromatic carbocycles. The normalized spacial score (nSPS) is 17.5. The molecule has 1 aromatic rings. The molecular weight excluding hydrogens is 311 g/mol. The topological polar surface area (TPSA) is 50.8 Å². The third kappa shape index (κ3) is 6.17. The van der Waals surface area contributed by atoms with E-state index in [1.54, 1.807) is 24.1 Å². The van der Waals surface area contributed by atoms with Crippen LogP contribution < -0.4 is 10.1 Å². The number of carbonyl (C=O) groups is 1. The van der Waals surface area contributed by atoms with Crippen molar-refractivity contribution in [2.75, 3.05) is 40.0 Å². The summed E-state index contributed by atoms with van der Waals surface area (Å²) in [6.45, 7) is 2.93. The first-order valence-electron chi connectivity index (χ1n) is 7.08. The van der Waals surface area contributed by atoms with E-state index >= 15 is 0 Å². The smallest absolute Gasteiger partial charge is 0.224 e. The summed E-state index contributed by atoms with van der Waals surface area (Å²) >= 11 is 0. The van der Waals surface area contributed by atoms with Crippen molar-refractivity contribution in [3.8, 4) is 5.75 Å². The van der Waals surface area contributed by atoms with E-state index in [1.165, 1.54) is 12.1 Å². The molecule has 0 aromatic heterocycles. The van der Waals surface area contributed by atoms with Crippen molar-refractivity contribution in [2.24, 2.45) is 0 Å². The third-order valence-electron chi connectivity index (χ3n) is 3.35. The minimum Gasteiger partial charge on any atom is -0.492 e. The van der Waals surface area contributed by atoms with E-state index < -0.39 is 0 Å². The summed E-state index contributed by atoms with van der Waals surface area (Å²) < 4.78 is 23.5. The first-order chi connectivity index (χ1) is 10.1. The lowest BCUT2D eigenvalue weighted by atomic mass is 10.2. The monoisotopic (exact) mass is 332 g/mol. The van der Waals surface area contributed by atoms with E-state index in [0.29, 0.717) is 38.5 Å². The van der Waals surface area contributed by atoms with Crippen molar-refractivity contribution in [3.63, 3.8) is 0 Å². The van der Waals surface area contributed by atoms with Gasteiger partial charge < -0.3 is 19.7 Å². The molecule has 0 bridgehead atoms. The van der Waals surface area contributed by atoms with Crippen LogP contribution in [-0.4, -0.2) is 56.8 Å². The van der Waals surface area contributed by atoms with Crippen LogP contribution in [0.2, 0.25) is 0 Å². The Hall–Kier alpha value is -1.37. The van der Waals surface area contributed by atoms with Crippen LogP contribution >= 0.6 is 12.4 Å². The van der Waals surface area contributed by atoms with Gasteiger partial charge in [0.1, 0.15) is 18.2 Å². The molecular formula is C15H22ClFN2O3. The lowest BCUT2D eigenvalue weighted by molar-refractivity contribution is -0.131. The number of morpholine rings is 1. The number of ether oxygens (including phenoxy) is 2. The molecule has 0 aliphatic carbocycles. The van der Waals surface area contributed by atoms with Gasteiger partial charge in [-0.05, 0) is 24.3 Å². The molecule has 1 heterocycles. The van der Waals surface area contributed by atoms with Crippen LogP contribution in [0.25, 0.3) is 0 Å². The van der Waals surface area contributed by atoms with Crippen LogP contribution in [0.3, 0.4) is 0 Å². The average molecular weight is 333 g/mol. The molecule has 1 fully saturated rings. The van der Waals surface area contributed by atoms with Gasteiger partial charge >= 0.3 is 0 Å². The lowest BCUT2D eigenvalue weighted by Crippen LogP contribution is -2.45. The molecule has 0 spiro atoms. The molecule has 124 valence electrons. The zero-order valence-electron chi connectivity index (χ0n) is 12.6. The van der Waals surface area contributed by atoms with Crippen LogP contribution in [0.5, 0.6) is 5.75 Å². The summed E-state index contributed by atoms with van der Waals surface area (Å²) in [6, 6.07) is 5.92. The molecule has 1 aliphatic heterocycles. The van der Waals surface area contributed by atoms with Crippen LogP contribution in [0.1, 0.15) is 6.42 Å². The molecule has 22 heavy (non-hydrogen) atoms. The molecule has 5 nitrogen and oxygen atoms in total. The molecule has 1 aliphatic rings. The van der Waals surface area contributed by atoms with E-state index in [0.717, 1.165) is 6.54 Å². The Morgan fingerprint density at radius 3 is 2.82 bits per heavy atom. The number of hydrogen-bond acceptors (Lipinski definition) is 4. The number of carbonyl (C=O) groups excluding carboxylic acids is 1. The Morgan fingerprint density at radius 1 is 1.45 bits per heavy atom. The molecule has 2 rings (SSSR count). The number of hydrogen-bond donors (Lipinski definition) is 1. The molecule has 1 saturated heterocycles. The van der Waals surface area contributed by atoms with Crippen molar-refractivity contribution in [1.82, 2.24) is 10.2 Å². The molecule has 1 N–H and O–H groups in total. The van der Waals surface area contributed by atoms with Crippen LogP contribution in [0.4, 0.5) is 4.39 Å². The van der Waals surface area contributed by atoms with Crippen molar-refractivity contribution in [3.05, 3.63) is 30.1 Å². The third-order valence-corrected chi connectivity index (χ3v) is 3.35. The van der Waals surface area contributed by atoms with Gasteiger partial charge in [0.2, 0.25) is 5.91 Å². The Morgan fingerprint density at radius 2 is 2.18 bits per heavy atom. The maximum Gasteiger partial charge on any atom is 0.224 e. The Balaban J connectivity index is 0.00000242. The molecule has 0 saturated carbocycles. The second kappa shape index (κ2) is 9.61. The van der Waals surface area contributed by atoms with Gasteiger partial charge in [-0.2, -0.15) is 0 Å². The highest BCUT2D eigenvalue weighted by Crippen LogP contribution is 2.11.